The molecule has 0 radical (unpaired) electrons. The number of pyridine rings is 1. The third-order valence-electron chi connectivity index (χ3n) is 5.22. The zero-order valence-electron chi connectivity index (χ0n) is 15.2. The van der Waals surface area contributed by atoms with Crippen LogP contribution in [0.3, 0.4) is 0 Å². The monoisotopic (exact) mass is 366 g/mol. The first-order valence-electron chi connectivity index (χ1n) is 9.31. The number of benzene rings is 2. The quantitative estimate of drug-likeness (QED) is 0.540. The smallest absolute Gasteiger partial charge is 0.254 e. The normalized spacial score (nSPS) is 13.4. The molecule has 0 fully saturated rings. The maximum atomic E-state index is 13.5. The van der Waals surface area contributed by atoms with E-state index in [0.717, 1.165) is 29.4 Å². The summed E-state index contributed by atoms with van der Waals surface area (Å²) in [5.74, 6) is 0.0335. The van der Waals surface area contributed by atoms with Crippen LogP contribution in [-0.4, -0.2) is 32.3 Å². The molecule has 5 heteroatoms. The van der Waals surface area contributed by atoms with E-state index in [1.807, 2.05) is 41.3 Å². The Morgan fingerprint density at radius 1 is 0.929 bits per heavy atom. The van der Waals surface area contributed by atoms with Gasteiger partial charge >= 0.3 is 0 Å². The number of hydrogen-bond acceptors (Lipinski definition) is 4. The van der Waals surface area contributed by atoms with Crippen LogP contribution >= 0.6 is 0 Å². The molecular weight excluding hydrogens is 348 g/mol. The minimum Gasteiger partial charge on any atom is -0.334 e. The third kappa shape index (κ3) is 2.91. The van der Waals surface area contributed by atoms with Crippen LogP contribution < -0.4 is 0 Å². The fourth-order valence-corrected chi connectivity index (χ4v) is 3.77. The van der Waals surface area contributed by atoms with Gasteiger partial charge in [-0.25, -0.2) is 15.0 Å². The Bertz CT molecular complexity index is 1170. The molecule has 1 aliphatic rings. The molecule has 0 saturated carbocycles. The third-order valence-corrected chi connectivity index (χ3v) is 5.22. The van der Waals surface area contributed by atoms with Gasteiger partial charge in [0.05, 0.1) is 16.8 Å². The Balaban J connectivity index is 1.59. The molecule has 0 spiro atoms. The first-order chi connectivity index (χ1) is 13.8. The second-order valence-corrected chi connectivity index (χ2v) is 6.94. The number of carbonyl (C=O) groups is 1. The van der Waals surface area contributed by atoms with Gasteiger partial charge in [0.15, 0.2) is 0 Å². The highest BCUT2D eigenvalue weighted by molar-refractivity contribution is 6.07. The number of carbonyl (C=O) groups excluding carboxylic acids is 1. The lowest BCUT2D eigenvalue weighted by atomic mass is 9.98. The average molecular weight is 366 g/mol. The van der Waals surface area contributed by atoms with Gasteiger partial charge in [-0.05, 0) is 29.7 Å². The number of para-hydroxylation sites is 1. The van der Waals surface area contributed by atoms with Crippen LogP contribution in [0.4, 0.5) is 0 Å². The van der Waals surface area contributed by atoms with Crippen LogP contribution in [0.25, 0.3) is 22.2 Å². The summed E-state index contributed by atoms with van der Waals surface area (Å²) >= 11 is 0. The van der Waals surface area contributed by atoms with Crippen LogP contribution in [0.15, 0.2) is 73.3 Å². The molecule has 0 atom stereocenters. The fourth-order valence-electron chi connectivity index (χ4n) is 3.77. The zero-order chi connectivity index (χ0) is 18.9. The minimum atomic E-state index is 0.0335. The summed E-state index contributed by atoms with van der Waals surface area (Å²) in [6.07, 6.45) is 5.80. The Kier molecular flexibility index (Phi) is 4.05. The van der Waals surface area contributed by atoms with Gasteiger partial charge in [-0.3, -0.25) is 4.79 Å². The molecule has 0 saturated heterocycles. The van der Waals surface area contributed by atoms with Crippen molar-refractivity contribution in [3.05, 3.63) is 90.0 Å². The summed E-state index contributed by atoms with van der Waals surface area (Å²) in [5, 5.41) is 0.868. The van der Waals surface area contributed by atoms with Gasteiger partial charge < -0.3 is 4.90 Å². The van der Waals surface area contributed by atoms with Crippen molar-refractivity contribution in [1.29, 1.82) is 0 Å². The molecule has 0 unspecified atom stereocenters. The lowest BCUT2D eigenvalue weighted by Gasteiger charge is -2.29. The fraction of sp³-hybridized carbons (Fsp3) is 0.130. The average Bonchev–Trinajstić information content (AvgIpc) is 2.78. The molecule has 0 aliphatic carbocycles. The standard InChI is InChI=1S/C23H18N4O/c28-23(27-10-9-16-5-1-2-6-17(16)14-27)20-11-22(18-12-24-15-25-13-18)26-21-8-4-3-7-19(20)21/h1-8,11-13,15H,9-10,14H2. The maximum absolute atomic E-state index is 13.5. The summed E-state index contributed by atoms with van der Waals surface area (Å²) in [7, 11) is 0. The van der Waals surface area contributed by atoms with Crippen molar-refractivity contribution < 1.29 is 4.79 Å². The predicted octanol–water partition coefficient (Wildman–Crippen LogP) is 3.89. The number of rotatable bonds is 2. The first kappa shape index (κ1) is 16.6. The second-order valence-electron chi connectivity index (χ2n) is 6.94. The topological polar surface area (TPSA) is 59.0 Å². The van der Waals surface area contributed by atoms with Crippen molar-refractivity contribution in [2.75, 3.05) is 6.54 Å². The predicted molar refractivity (Wildman–Crippen MR) is 108 cm³/mol. The van der Waals surface area contributed by atoms with E-state index in [1.165, 1.54) is 17.5 Å². The van der Waals surface area contributed by atoms with Crippen LogP contribution in [0.5, 0.6) is 0 Å². The van der Waals surface area contributed by atoms with Crippen molar-refractivity contribution in [2.24, 2.45) is 0 Å². The second kappa shape index (κ2) is 6.85. The van der Waals surface area contributed by atoms with Crippen molar-refractivity contribution in [3.8, 4) is 11.3 Å². The summed E-state index contributed by atoms with van der Waals surface area (Å²) in [6, 6.07) is 18.0. The Morgan fingerprint density at radius 3 is 2.54 bits per heavy atom. The number of aromatic nitrogens is 3. The van der Waals surface area contributed by atoms with E-state index in [0.29, 0.717) is 17.8 Å². The van der Waals surface area contributed by atoms with E-state index in [4.69, 9.17) is 4.98 Å². The Hall–Kier alpha value is -3.60. The van der Waals surface area contributed by atoms with E-state index in [1.54, 1.807) is 12.4 Å². The summed E-state index contributed by atoms with van der Waals surface area (Å²) in [5.41, 5.74) is 5.52. The largest absolute Gasteiger partial charge is 0.334 e. The van der Waals surface area contributed by atoms with E-state index in [9.17, 15) is 4.79 Å². The summed E-state index contributed by atoms with van der Waals surface area (Å²) in [4.78, 5) is 28.3. The van der Waals surface area contributed by atoms with Crippen molar-refractivity contribution in [1.82, 2.24) is 19.9 Å². The molecule has 0 bridgehead atoms. The highest BCUT2D eigenvalue weighted by Crippen LogP contribution is 2.27. The van der Waals surface area contributed by atoms with Gasteiger partial charge in [0.1, 0.15) is 6.33 Å². The molecule has 1 aliphatic heterocycles. The molecule has 2 aromatic carbocycles. The van der Waals surface area contributed by atoms with Crippen LogP contribution in [-0.2, 0) is 13.0 Å². The molecule has 5 rings (SSSR count). The zero-order valence-corrected chi connectivity index (χ0v) is 15.2. The molecule has 2 aromatic heterocycles. The number of amides is 1. The van der Waals surface area contributed by atoms with E-state index < -0.39 is 0 Å². The molecule has 3 heterocycles. The van der Waals surface area contributed by atoms with Gasteiger partial charge in [0.25, 0.3) is 5.91 Å². The number of nitrogens with zero attached hydrogens (tertiary/aromatic N) is 4. The maximum Gasteiger partial charge on any atom is 0.254 e. The SMILES string of the molecule is O=C(c1cc(-c2cncnc2)nc2ccccc12)N1CCc2ccccc2C1. The van der Waals surface area contributed by atoms with Gasteiger partial charge in [-0.15, -0.1) is 0 Å². The molecule has 0 N–H and O–H groups in total. The molecular formula is C23H18N4O. The number of fused-ring (bicyclic) bond motifs is 2. The van der Waals surface area contributed by atoms with Crippen LogP contribution in [0.2, 0.25) is 0 Å². The first-order valence-corrected chi connectivity index (χ1v) is 9.31. The van der Waals surface area contributed by atoms with Gasteiger partial charge in [0.2, 0.25) is 0 Å². The lowest BCUT2D eigenvalue weighted by Crippen LogP contribution is -2.36. The molecule has 28 heavy (non-hydrogen) atoms. The summed E-state index contributed by atoms with van der Waals surface area (Å²) < 4.78 is 0. The highest BCUT2D eigenvalue weighted by Gasteiger charge is 2.24. The Morgan fingerprint density at radius 2 is 1.68 bits per heavy atom. The van der Waals surface area contributed by atoms with Gasteiger partial charge in [-0.1, -0.05) is 42.5 Å². The minimum absolute atomic E-state index is 0.0335. The van der Waals surface area contributed by atoms with E-state index >= 15 is 0 Å². The highest BCUT2D eigenvalue weighted by atomic mass is 16.2. The molecule has 136 valence electrons. The Labute approximate surface area is 162 Å². The molecule has 1 amide bonds. The van der Waals surface area contributed by atoms with Gasteiger partial charge in [-0.2, -0.15) is 0 Å². The molecule has 5 nitrogen and oxygen atoms in total. The van der Waals surface area contributed by atoms with Crippen molar-refractivity contribution >= 4 is 16.8 Å². The molecule has 4 aromatic rings. The van der Waals surface area contributed by atoms with E-state index in [2.05, 4.69) is 28.2 Å². The van der Waals surface area contributed by atoms with Crippen molar-refractivity contribution in [2.45, 2.75) is 13.0 Å². The van der Waals surface area contributed by atoms with Crippen molar-refractivity contribution in [3.63, 3.8) is 0 Å². The van der Waals surface area contributed by atoms with Crippen LogP contribution in [0, 0.1) is 0 Å². The summed E-state index contributed by atoms with van der Waals surface area (Å²) in [6.45, 7) is 1.35. The van der Waals surface area contributed by atoms with Crippen LogP contribution in [0.1, 0.15) is 21.5 Å². The van der Waals surface area contributed by atoms with Gasteiger partial charge in [0, 0.05) is 36.4 Å². The van der Waals surface area contributed by atoms with E-state index in [-0.39, 0.29) is 5.91 Å². The lowest BCUT2D eigenvalue weighted by molar-refractivity contribution is 0.0736. The number of hydrogen-bond donors (Lipinski definition) is 0.